The van der Waals surface area contributed by atoms with Crippen LogP contribution >= 0.6 is 12.6 Å². The lowest BCUT2D eigenvalue weighted by molar-refractivity contribution is -0.822. The van der Waals surface area contributed by atoms with Crippen LogP contribution in [0.4, 0.5) is 0 Å². The van der Waals surface area contributed by atoms with Crippen LogP contribution in [0.25, 0.3) is 0 Å². The maximum Gasteiger partial charge on any atom is 0.362 e. The minimum Gasteiger partial charge on any atom is -0.479 e. The Balaban J connectivity index is 3.92. The van der Waals surface area contributed by atoms with E-state index in [1.807, 2.05) is 0 Å². The van der Waals surface area contributed by atoms with Gasteiger partial charge in [0.1, 0.15) is 4.91 Å². The normalized spacial score (nSPS) is 15.2. The Morgan fingerprint density at radius 2 is 2.19 bits per heavy atom. The summed E-state index contributed by atoms with van der Waals surface area (Å²) in [6.07, 6.45) is 0.404. The molecule has 7 N–H and O–H groups in total. The Hall–Kier alpha value is -1.55. The minimum atomic E-state index is -1.61. The van der Waals surface area contributed by atoms with Crippen LogP contribution in [-0.4, -0.2) is 38.7 Å². The van der Waals surface area contributed by atoms with E-state index in [4.69, 9.17) is 21.8 Å². The number of nitrogens with one attached hydrogen (secondary N) is 1. The van der Waals surface area contributed by atoms with Crippen molar-refractivity contribution in [2.45, 2.75) is 17.7 Å². The van der Waals surface area contributed by atoms with Crippen molar-refractivity contribution in [1.82, 2.24) is 5.43 Å². The number of aliphatic carboxylic acids is 1. The van der Waals surface area contributed by atoms with Crippen molar-refractivity contribution < 1.29 is 20.1 Å². The molecule has 0 saturated carbocycles. The van der Waals surface area contributed by atoms with E-state index >= 15 is 0 Å². The van der Waals surface area contributed by atoms with E-state index in [1.54, 1.807) is 5.43 Å². The molecule has 0 unspecified atom stereocenters. The smallest absolute Gasteiger partial charge is 0.362 e. The first-order valence-electron chi connectivity index (χ1n) is 4.23. The summed E-state index contributed by atoms with van der Waals surface area (Å²) < 4.78 is 0. The van der Waals surface area contributed by atoms with Gasteiger partial charge in [0.25, 0.3) is 5.96 Å². The number of hydrogen-bond acceptors (Lipinski definition) is 5. The maximum atomic E-state index is 10.5. The van der Waals surface area contributed by atoms with Crippen molar-refractivity contribution in [1.29, 1.82) is 0 Å². The van der Waals surface area contributed by atoms with Gasteiger partial charge in [0.15, 0.2) is 4.87 Å². The van der Waals surface area contributed by atoms with Crippen LogP contribution in [0.3, 0.4) is 0 Å². The number of hydrazine groups is 1. The molecule has 0 saturated heterocycles. The number of hydrogen-bond donors (Lipinski definition) is 6. The lowest BCUT2D eigenvalue weighted by Gasteiger charge is -2.16. The second-order valence-corrected chi connectivity index (χ2v) is 3.78. The molecule has 0 fully saturated rings. The van der Waals surface area contributed by atoms with Gasteiger partial charge in [-0.15, -0.1) is 12.6 Å². The van der Waals surface area contributed by atoms with E-state index in [9.17, 15) is 9.70 Å². The second-order valence-electron chi connectivity index (χ2n) is 2.98. The summed E-state index contributed by atoms with van der Waals surface area (Å²) in [5.74, 6) is -1.51. The number of carboxylic acids is 1. The second kappa shape index (κ2) is 6.12. The molecule has 16 heavy (non-hydrogen) atoms. The third kappa shape index (κ3) is 6.03. The van der Waals surface area contributed by atoms with Gasteiger partial charge >= 0.3 is 11.0 Å². The first-order chi connectivity index (χ1) is 7.25. The molecular weight excluding hydrogens is 238 g/mol. The van der Waals surface area contributed by atoms with Crippen molar-refractivity contribution in [3.63, 3.8) is 0 Å². The van der Waals surface area contributed by atoms with Gasteiger partial charge in [0.05, 0.1) is 0 Å². The molecule has 0 radical (unpaired) electrons. The molecule has 1 atom stereocenters. The molecule has 0 heterocycles. The topological polar surface area (TPSA) is 154 Å². The average Bonchev–Trinajstić information content (AvgIpc) is 2.11. The molecule has 92 valence electrons. The number of nitrogens with two attached hydrogens (primary N) is 2. The molecule has 0 rings (SSSR count). The maximum absolute atomic E-state index is 10.5. The van der Waals surface area contributed by atoms with Gasteiger partial charge in [-0.3, -0.25) is 0 Å². The van der Waals surface area contributed by atoms with Crippen LogP contribution in [0.2, 0.25) is 0 Å². The number of rotatable bonds is 6. The first-order valence-corrected chi connectivity index (χ1v) is 4.68. The van der Waals surface area contributed by atoms with E-state index < -0.39 is 15.9 Å². The van der Waals surface area contributed by atoms with Crippen LogP contribution in [0.15, 0.2) is 4.99 Å². The highest BCUT2D eigenvalue weighted by molar-refractivity contribution is 7.82. The summed E-state index contributed by atoms with van der Waals surface area (Å²) in [5, 5.41) is 16.2. The van der Waals surface area contributed by atoms with Crippen molar-refractivity contribution in [2.24, 2.45) is 16.5 Å². The van der Waals surface area contributed by atoms with Crippen LogP contribution in [0.5, 0.6) is 0 Å². The van der Waals surface area contributed by atoms with E-state index in [0.29, 0.717) is 6.42 Å². The highest BCUT2D eigenvalue weighted by Crippen LogP contribution is 2.14. The van der Waals surface area contributed by atoms with E-state index in [1.165, 1.54) is 0 Å². The number of guanidine groups is 1. The predicted molar refractivity (Wildman–Crippen MR) is 57.8 cm³/mol. The SMILES string of the molecule is NC(=NCCC[C@](N)(S)C(=O)O)N[N+](=O)O. The Labute approximate surface area is 96.4 Å². The van der Waals surface area contributed by atoms with Crippen LogP contribution in [0, 0.1) is 4.91 Å². The summed E-state index contributed by atoms with van der Waals surface area (Å²) >= 11 is 3.75. The highest BCUT2D eigenvalue weighted by Gasteiger charge is 2.28. The van der Waals surface area contributed by atoms with Gasteiger partial charge in [-0.2, -0.15) is 0 Å². The molecule has 0 aliphatic heterocycles. The van der Waals surface area contributed by atoms with Crippen molar-refractivity contribution in [3.8, 4) is 0 Å². The lowest BCUT2D eigenvalue weighted by Crippen LogP contribution is -2.42. The van der Waals surface area contributed by atoms with Crippen molar-refractivity contribution in [2.75, 3.05) is 6.54 Å². The molecule has 0 amide bonds. The largest absolute Gasteiger partial charge is 0.479 e. The minimum absolute atomic E-state index is 0.0858. The zero-order valence-electron chi connectivity index (χ0n) is 8.33. The molecule has 0 spiro atoms. The Kier molecular flexibility index (Phi) is 5.53. The molecule has 9 nitrogen and oxygen atoms in total. The van der Waals surface area contributed by atoms with E-state index in [-0.39, 0.29) is 18.9 Å². The standard InChI is InChI=1S/C6H13N5O4S/c7-5(10-11(14)15)9-3-1-2-6(8,16)4(12)13/h1-3,8H2,(H5-,7,9,10,12,13,14,15,16)/p+1/t6-/m0/s1. The third-order valence-electron chi connectivity index (χ3n) is 1.58. The van der Waals surface area contributed by atoms with Crippen LogP contribution < -0.4 is 16.9 Å². The fourth-order valence-corrected chi connectivity index (χ4v) is 0.946. The predicted octanol–water partition coefficient (Wildman–Crippen LogP) is -1.58. The zero-order valence-corrected chi connectivity index (χ0v) is 9.22. The van der Waals surface area contributed by atoms with Gasteiger partial charge < -0.3 is 16.6 Å². The first kappa shape index (κ1) is 14.5. The Morgan fingerprint density at radius 1 is 1.62 bits per heavy atom. The van der Waals surface area contributed by atoms with Gasteiger partial charge in [0.2, 0.25) is 0 Å². The number of carboxylic acid groups (broad SMARTS) is 1. The van der Waals surface area contributed by atoms with Gasteiger partial charge in [-0.25, -0.2) is 15.0 Å². The Bertz CT molecular complexity index is 305. The number of nitrogens with zero attached hydrogens (tertiary/aromatic N) is 2. The molecule has 0 aliphatic carbocycles. The van der Waals surface area contributed by atoms with Gasteiger partial charge in [-0.05, 0) is 18.3 Å². The highest BCUT2D eigenvalue weighted by atomic mass is 32.1. The lowest BCUT2D eigenvalue weighted by atomic mass is 10.1. The molecular formula is C6H14N5O4S+. The molecule has 10 heteroatoms. The monoisotopic (exact) mass is 252 g/mol. The summed E-state index contributed by atoms with van der Waals surface area (Å²) in [7, 11) is 0. The summed E-state index contributed by atoms with van der Waals surface area (Å²) in [5.41, 5.74) is 12.2. The van der Waals surface area contributed by atoms with Gasteiger partial charge in [-0.1, -0.05) is 0 Å². The fraction of sp³-hybridized carbons (Fsp3) is 0.667. The van der Waals surface area contributed by atoms with Gasteiger partial charge in [0, 0.05) is 6.54 Å². The number of thiol groups is 1. The van der Waals surface area contributed by atoms with E-state index in [0.717, 1.165) is 0 Å². The third-order valence-corrected chi connectivity index (χ3v) is 1.99. The zero-order chi connectivity index (χ0) is 12.8. The van der Waals surface area contributed by atoms with E-state index in [2.05, 4.69) is 17.6 Å². The van der Waals surface area contributed by atoms with Crippen molar-refractivity contribution >= 4 is 24.6 Å². The number of carbonyl (C=O) groups is 1. The molecule has 0 aromatic heterocycles. The summed E-state index contributed by atoms with van der Waals surface area (Å²) in [4.78, 5) is 22.6. The molecule has 0 aromatic carbocycles. The summed E-state index contributed by atoms with van der Waals surface area (Å²) in [6.45, 7) is 0.152. The van der Waals surface area contributed by atoms with Crippen molar-refractivity contribution in [3.05, 3.63) is 4.91 Å². The van der Waals surface area contributed by atoms with Crippen LogP contribution in [-0.2, 0) is 4.79 Å². The summed E-state index contributed by atoms with van der Waals surface area (Å²) in [6, 6.07) is 0. The average molecular weight is 252 g/mol. The fourth-order valence-electron chi connectivity index (χ4n) is 0.788. The number of aliphatic imine (C=N–C) groups is 1. The molecule has 0 aliphatic rings. The quantitative estimate of drug-likeness (QED) is 0.0832. The Morgan fingerprint density at radius 3 is 2.62 bits per heavy atom. The van der Waals surface area contributed by atoms with Crippen LogP contribution in [0.1, 0.15) is 12.8 Å². The molecule has 0 aromatic rings. The molecule has 0 bridgehead atoms.